The SMILES string of the molecule is CC[C@H](C(=O)N[C@@H](C)c1ccccc1)N(c1cc(Cl)cc(Cl)c1)S(C)(=O)=O. The number of amides is 1. The van der Waals surface area contributed by atoms with E-state index in [-0.39, 0.29) is 18.2 Å². The van der Waals surface area contributed by atoms with Crippen molar-refractivity contribution < 1.29 is 13.2 Å². The van der Waals surface area contributed by atoms with Crippen molar-refractivity contribution in [1.82, 2.24) is 5.32 Å². The first-order chi connectivity index (χ1) is 12.6. The zero-order valence-corrected chi connectivity index (χ0v) is 17.6. The molecular formula is C19H22Cl2N2O3S. The van der Waals surface area contributed by atoms with Crippen LogP contribution in [0.25, 0.3) is 0 Å². The molecule has 0 spiro atoms. The van der Waals surface area contributed by atoms with Crippen LogP contribution in [0.4, 0.5) is 5.69 Å². The van der Waals surface area contributed by atoms with Crippen molar-refractivity contribution in [1.29, 1.82) is 0 Å². The van der Waals surface area contributed by atoms with Crippen LogP contribution in [0.1, 0.15) is 31.9 Å². The van der Waals surface area contributed by atoms with Gasteiger partial charge in [-0.25, -0.2) is 8.42 Å². The number of anilines is 1. The van der Waals surface area contributed by atoms with E-state index in [0.717, 1.165) is 16.1 Å². The second-order valence-electron chi connectivity index (χ2n) is 6.25. The number of benzene rings is 2. The number of nitrogens with one attached hydrogen (secondary N) is 1. The lowest BCUT2D eigenvalue weighted by atomic mass is 10.1. The molecule has 0 bridgehead atoms. The molecule has 2 atom stereocenters. The number of carbonyl (C=O) groups is 1. The van der Waals surface area contributed by atoms with Gasteiger partial charge in [-0.1, -0.05) is 60.5 Å². The van der Waals surface area contributed by atoms with Gasteiger partial charge in [0, 0.05) is 10.0 Å². The molecule has 0 fully saturated rings. The van der Waals surface area contributed by atoms with E-state index in [9.17, 15) is 13.2 Å². The van der Waals surface area contributed by atoms with E-state index in [1.54, 1.807) is 6.92 Å². The molecule has 5 nitrogen and oxygen atoms in total. The summed E-state index contributed by atoms with van der Waals surface area (Å²) >= 11 is 12.1. The molecular weight excluding hydrogens is 407 g/mol. The fraction of sp³-hybridized carbons (Fsp3) is 0.316. The number of halogens is 2. The first-order valence-corrected chi connectivity index (χ1v) is 11.0. The number of carbonyl (C=O) groups excluding carboxylic acids is 1. The van der Waals surface area contributed by atoms with Gasteiger partial charge in [0.1, 0.15) is 6.04 Å². The van der Waals surface area contributed by atoms with Gasteiger partial charge in [0.05, 0.1) is 18.0 Å². The molecule has 146 valence electrons. The topological polar surface area (TPSA) is 66.5 Å². The molecule has 0 saturated carbocycles. The van der Waals surface area contributed by atoms with Crippen molar-refractivity contribution in [3.8, 4) is 0 Å². The monoisotopic (exact) mass is 428 g/mol. The molecule has 0 aliphatic heterocycles. The Morgan fingerprint density at radius 2 is 1.67 bits per heavy atom. The minimum atomic E-state index is -3.75. The van der Waals surface area contributed by atoms with Crippen LogP contribution in [0.2, 0.25) is 10.0 Å². The Morgan fingerprint density at radius 1 is 1.11 bits per heavy atom. The molecule has 2 aromatic rings. The Balaban J connectivity index is 2.36. The van der Waals surface area contributed by atoms with Gasteiger partial charge in [-0.3, -0.25) is 9.10 Å². The summed E-state index contributed by atoms with van der Waals surface area (Å²) in [5, 5.41) is 3.47. The maximum absolute atomic E-state index is 12.9. The zero-order valence-electron chi connectivity index (χ0n) is 15.3. The smallest absolute Gasteiger partial charge is 0.244 e. The largest absolute Gasteiger partial charge is 0.348 e. The van der Waals surface area contributed by atoms with Crippen molar-refractivity contribution in [2.24, 2.45) is 0 Å². The molecule has 1 N–H and O–H groups in total. The third-order valence-electron chi connectivity index (χ3n) is 4.09. The van der Waals surface area contributed by atoms with Gasteiger partial charge in [0.2, 0.25) is 15.9 Å². The minimum Gasteiger partial charge on any atom is -0.348 e. The Morgan fingerprint density at radius 3 is 2.15 bits per heavy atom. The number of rotatable bonds is 7. The van der Waals surface area contributed by atoms with Gasteiger partial charge in [-0.05, 0) is 37.1 Å². The van der Waals surface area contributed by atoms with E-state index < -0.39 is 22.0 Å². The summed E-state index contributed by atoms with van der Waals surface area (Å²) in [6.45, 7) is 3.60. The predicted octanol–water partition coefficient (Wildman–Crippen LogP) is 4.42. The van der Waals surface area contributed by atoms with Gasteiger partial charge in [-0.2, -0.15) is 0 Å². The van der Waals surface area contributed by atoms with Gasteiger partial charge in [-0.15, -0.1) is 0 Å². The molecule has 2 aromatic carbocycles. The van der Waals surface area contributed by atoms with Crippen LogP contribution in [-0.4, -0.2) is 26.6 Å². The maximum atomic E-state index is 12.9. The highest BCUT2D eigenvalue weighted by Crippen LogP contribution is 2.29. The van der Waals surface area contributed by atoms with Crippen LogP contribution in [-0.2, 0) is 14.8 Å². The molecule has 0 saturated heterocycles. The average Bonchev–Trinajstić information content (AvgIpc) is 2.58. The molecule has 27 heavy (non-hydrogen) atoms. The normalized spacial score (nSPS) is 13.7. The second kappa shape index (κ2) is 8.95. The lowest BCUT2D eigenvalue weighted by molar-refractivity contribution is -0.122. The molecule has 0 heterocycles. The van der Waals surface area contributed by atoms with Crippen LogP contribution in [0, 0.1) is 0 Å². The Hall–Kier alpha value is -1.76. The third-order valence-corrected chi connectivity index (χ3v) is 5.71. The highest BCUT2D eigenvalue weighted by atomic mass is 35.5. The van der Waals surface area contributed by atoms with E-state index >= 15 is 0 Å². The van der Waals surface area contributed by atoms with Gasteiger partial charge >= 0.3 is 0 Å². The molecule has 0 aromatic heterocycles. The first kappa shape index (κ1) is 21.5. The van der Waals surface area contributed by atoms with Crippen LogP contribution >= 0.6 is 23.2 Å². The molecule has 0 unspecified atom stereocenters. The molecule has 8 heteroatoms. The lowest BCUT2D eigenvalue weighted by Gasteiger charge is -2.31. The molecule has 0 aliphatic rings. The fourth-order valence-electron chi connectivity index (χ4n) is 2.86. The van der Waals surface area contributed by atoms with Crippen molar-refractivity contribution in [2.45, 2.75) is 32.4 Å². The summed E-state index contributed by atoms with van der Waals surface area (Å²) < 4.78 is 26.0. The van der Waals surface area contributed by atoms with Crippen molar-refractivity contribution in [3.63, 3.8) is 0 Å². The van der Waals surface area contributed by atoms with Gasteiger partial charge < -0.3 is 5.32 Å². The Bertz CT molecular complexity index is 884. The number of hydrogen-bond donors (Lipinski definition) is 1. The summed E-state index contributed by atoms with van der Waals surface area (Å²) in [7, 11) is -3.75. The lowest BCUT2D eigenvalue weighted by Crippen LogP contribution is -2.49. The summed E-state index contributed by atoms with van der Waals surface area (Å²) in [4.78, 5) is 12.9. The van der Waals surface area contributed by atoms with Crippen molar-refractivity contribution in [3.05, 3.63) is 64.1 Å². The highest BCUT2D eigenvalue weighted by molar-refractivity contribution is 7.92. The quantitative estimate of drug-likeness (QED) is 0.709. The van der Waals surface area contributed by atoms with Crippen LogP contribution in [0.15, 0.2) is 48.5 Å². The van der Waals surface area contributed by atoms with Crippen molar-refractivity contribution in [2.75, 3.05) is 10.6 Å². The third kappa shape index (κ3) is 5.61. The van der Waals surface area contributed by atoms with Crippen LogP contribution in [0.3, 0.4) is 0 Å². The van der Waals surface area contributed by atoms with Gasteiger partial charge in [0.25, 0.3) is 0 Å². The molecule has 0 radical (unpaired) electrons. The minimum absolute atomic E-state index is 0.254. The fourth-order valence-corrected chi connectivity index (χ4v) is 4.57. The van der Waals surface area contributed by atoms with E-state index in [4.69, 9.17) is 23.2 Å². The standard InChI is InChI=1S/C19H22Cl2N2O3S/c1-4-18(19(24)22-13(2)14-8-6-5-7-9-14)23(27(3,25)26)17-11-15(20)10-16(21)12-17/h5-13,18H,4H2,1-3H3,(H,22,24)/t13-,18+/m0/s1. The van der Waals surface area contributed by atoms with Crippen LogP contribution < -0.4 is 9.62 Å². The van der Waals surface area contributed by atoms with E-state index in [0.29, 0.717) is 10.0 Å². The zero-order chi connectivity index (χ0) is 20.2. The van der Waals surface area contributed by atoms with E-state index in [1.165, 1.54) is 18.2 Å². The van der Waals surface area contributed by atoms with E-state index in [2.05, 4.69) is 5.32 Å². The molecule has 1 amide bonds. The summed E-state index contributed by atoms with van der Waals surface area (Å²) in [5.41, 5.74) is 1.18. The summed E-state index contributed by atoms with van der Waals surface area (Å²) in [6.07, 6.45) is 1.34. The average molecular weight is 429 g/mol. The maximum Gasteiger partial charge on any atom is 0.244 e. The van der Waals surface area contributed by atoms with Crippen LogP contribution in [0.5, 0.6) is 0 Å². The number of nitrogens with zero attached hydrogens (tertiary/aromatic N) is 1. The summed E-state index contributed by atoms with van der Waals surface area (Å²) in [6, 6.07) is 12.7. The number of sulfonamides is 1. The van der Waals surface area contributed by atoms with Gasteiger partial charge in [0.15, 0.2) is 0 Å². The van der Waals surface area contributed by atoms with Crippen molar-refractivity contribution >= 4 is 44.8 Å². The molecule has 0 aliphatic carbocycles. The highest BCUT2D eigenvalue weighted by Gasteiger charge is 2.32. The second-order valence-corrected chi connectivity index (χ2v) is 8.98. The Labute approximate surface area is 170 Å². The van der Waals surface area contributed by atoms with E-state index in [1.807, 2.05) is 37.3 Å². The summed E-state index contributed by atoms with van der Waals surface area (Å²) in [5.74, 6) is -0.393. The number of hydrogen-bond acceptors (Lipinski definition) is 3. The predicted molar refractivity (Wildman–Crippen MR) is 111 cm³/mol. The molecule has 2 rings (SSSR count). The first-order valence-electron chi connectivity index (χ1n) is 8.44. The Kier molecular flexibility index (Phi) is 7.14.